The molecule has 254 valence electrons. The summed E-state index contributed by atoms with van der Waals surface area (Å²) in [6, 6.07) is 15.3. The molecule has 2 aromatic carbocycles. The second-order valence-corrected chi connectivity index (χ2v) is 14.4. The smallest absolute Gasteiger partial charge is 0.246 e. The minimum Gasteiger partial charge on any atom is -0.382 e. The quantitative estimate of drug-likeness (QED) is 0.193. The van der Waals surface area contributed by atoms with Crippen LogP contribution in [0.3, 0.4) is 0 Å². The number of benzene rings is 2. The van der Waals surface area contributed by atoms with E-state index in [1.54, 1.807) is 22.3 Å². The lowest BCUT2D eigenvalue weighted by Crippen LogP contribution is -2.57. The number of nitrogen functional groups attached to an aromatic ring is 1. The number of aryl methyl sites for hydroxylation is 1. The van der Waals surface area contributed by atoms with Crippen LogP contribution in [0.15, 0.2) is 60.1 Å². The van der Waals surface area contributed by atoms with Crippen molar-refractivity contribution in [1.82, 2.24) is 30.7 Å². The van der Waals surface area contributed by atoms with Crippen molar-refractivity contribution in [3.8, 4) is 33.4 Å². The summed E-state index contributed by atoms with van der Waals surface area (Å²) >= 11 is 7.56. The Morgan fingerprint density at radius 2 is 1.76 bits per heavy atom. The Balaban J connectivity index is 1.19. The number of amides is 3. The molecule has 4 N–H and O–H groups in total. The second kappa shape index (κ2) is 15.2. The summed E-state index contributed by atoms with van der Waals surface area (Å²) in [6.45, 7) is 10.0. The molecule has 0 bridgehead atoms. The number of anilines is 1. The fourth-order valence-electron chi connectivity index (χ4n) is 5.79. The minimum atomic E-state index is -0.832. The standard InChI is InChI=1S/C37H40ClN7O3S/c1-22(25-15-17-27(18-16-25)32-23(2)40-21-49-32)41-35(47)29-9-7-19-45(29)36(48)33(37(3,4)5)42-31(46)10-6-8-24-11-13-26(14-12-24)28-20-30(38)43-44-34(28)39/h11-18,20-22,29,33H,7,9-10,19H2,1-5H3,(H2,39,44)(H,41,47)(H,42,46). The number of hydrogen-bond acceptors (Lipinski definition) is 8. The van der Waals surface area contributed by atoms with Crippen LogP contribution in [0.4, 0.5) is 5.82 Å². The van der Waals surface area contributed by atoms with E-state index < -0.39 is 17.5 Å². The predicted molar refractivity (Wildman–Crippen MR) is 193 cm³/mol. The number of hydrogen-bond donors (Lipinski definition) is 3. The molecule has 3 amide bonds. The molecule has 4 aromatic rings. The predicted octanol–water partition coefficient (Wildman–Crippen LogP) is 5.95. The van der Waals surface area contributed by atoms with Crippen LogP contribution in [0.25, 0.3) is 21.6 Å². The Bertz CT molecular complexity index is 1890. The molecule has 12 heteroatoms. The average molecular weight is 698 g/mol. The first kappa shape index (κ1) is 35.5. The third kappa shape index (κ3) is 8.63. The molecule has 2 aromatic heterocycles. The first-order valence-electron chi connectivity index (χ1n) is 16.1. The highest BCUT2D eigenvalue weighted by Crippen LogP contribution is 2.30. The number of thiazole rings is 1. The molecule has 1 aliphatic heterocycles. The molecular formula is C37H40ClN7O3S. The van der Waals surface area contributed by atoms with Crippen molar-refractivity contribution >= 4 is 46.5 Å². The Labute approximate surface area is 295 Å². The van der Waals surface area contributed by atoms with Gasteiger partial charge in [-0.25, -0.2) is 4.98 Å². The van der Waals surface area contributed by atoms with Crippen molar-refractivity contribution in [1.29, 1.82) is 0 Å². The van der Waals surface area contributed by atoms with Crippen LogP contribution in [0, 0.1) is 24.2 Å². The number of halogens is 1. The van der Waals surface area contributed by atoms with Crippen LogP contribution in [0.1, 0.15) is 69.8 Å². The number of aromatic nitrogens is 3. The van der Waals surface area contributed by atoms with Crippen molar-refractivity contribution in [3.05, 3.63) is 82.1 Å². The summed E-state index contributed by atoms with van der Waals surface area (Å²) in [7, 11) is 0. The molecule has 0 saturated carbocycles. The molecule has 1 fully saturated rings. The van der Waals surface area contributed by atoms with Crippen LogP contribution in [-0.2, 0) is 14.4 Å². The molecule has 3 atom stereocenters. The molecule has 1 aliphatic rings. The number of carbonyl (C=O) groups excluding carboxylic acids is 3. The van der Waals surface area contributed by atoms with E-state index in [4.69, 9.17) is 17.3 Å². The summed E-state index contributed by atoms with van der Waals surface area (Å²) in [4.78, 5) is 47.6. The fraction of sp³-hybridized carbons (Fsp3) is 0.351. The number of nitrogens with one attached hydrogen (secondary N) is 2. The van der Waals surface area contributed by atoms with Gasteiger partial charge in [0.25, 0.3) is 0 Å². The van der Waals surface area contributed by atoms with E-state index in [0.717, 1.165) is 27.3 Å². The molecular weight excluding hydrogens is 658 g/mol. The van der Waals surface area contributed by atoms with Crippen molar-refractivity contribution in [2.45, 2.75) is 72.0 Å². The van der Waals surface area contributed by atoms with Gasteiger partial charge in [-0.05, 0) is 67.0 Å². The topological polar surface area (TPSA) is 143 Å². The van der Waals surface area contributed by atoms with Gasteiger partial charge in [-0.3, -0.25) is 14.4 Å². The van der Waals surface area contributed by atoms with Gasteiger partial charge in [0.2, 0.25) is 17.7 Å². The zero-order valence-electron chi connectivity index (χ0n) is 28.2. The van der Waals surface area contributed by atoms with E-state index in [9.17, 15) is 14.4 Å². The number of rotatable bonds is 8. The molecule has 3 unspecified atom stereocenters. The summed E-state index contributed by atoms with van der Waals surface area (Å²) in [5.41, 5.74) is 12.4. The monoisotopic (exact) mass is 697 g/mol. The Morgan fingerprint density at radius 3 is 2.41 bits per heavy atom. The number of likely N-dealkylation sites (tertiary alicyclic amines) is 1. The van der Waals surface area contributed by atoms with Crippen molar-refractivity contribution < 1.29 is 14.4 Å². The number of nitrogens with zero attached hydrogens (tertiary/aromatic N) is 4. The van der Waals surface area contributed by atoms with E-state index in [2.05, 4.69) is 37.7 Å². The maximum atomic E-state index is 13.9. The SMILES string of the molecule is Cc1ncsc1-c1ccc(C(C)NC(=O)C2CCCN2C(=O)C(NC(=O)CC#Cc2ccc(-c3cc(Cl)nnc3N)cc2)C(C)(C)C)cc1. The molecule has 5 rings (SSSR count). The van der Waals surface area contributed by atoms with Crippen LogP contribution in [0.2, 0.25) is 5.15 Å². The lowest BCUT2D eigenvalue weighted by molar-refractivity contribution is -0.144. The first-order chi connectivity index (χ1) is 23.3. The maximum absolute atomic E-state index is 13.9. The van der Waals surface area contributed by atoms with Gasteiger partial charge >= 0.3 is 0 Å². The summed E-state index contributed by atoms with van der Waals surface area (Å²) < 4.78 is 0. The molecule has 0 radical (unpaired) electrons. The van der Waals surface area contributed by atoms with Crippen molar-refractivity contribution in [2.24, 2.45) is 5.41 Å². The highest BCUT2D eigenvalue weighted by atomic mass is 35.5. The first-order valence-corrected chi connectivity index (χ1v) is 17.4. The molecule has 49 heavy (non-hydrogen) atoms. The lowest BCUT2D eigenvalue weighted by Gasteiger charge is -2.35. The Morgan fingerprint density at radius 1 is 1.06 bits per heavy atom. The average Bonchev–Trinajstić information content (AvgIpc) is 3.74. The van der Waals surface area contributed by atoms with Crippen molar-refractivity contribution in [2.75, 3.05) is 12.3 Å². The van der Waals surface area contributed by atoms with E-state index in [1.165, 1.54) is 0 Å². The zero-order valence-corrected chi connectivity index (χ0v) is 29.8. The van der Waals surface area contributed by atoms with Crippen LogP contribution in [-0.4, -0.2) is 56.4 Å². The number of carbonyl (C=O) groups is 3. The highest BCUT2D eigenvalue weighted by Gasteiger charge is 2.42. The van der Waals surface area contributed by atoms with Gasteiger partial charge in [-0.1, -0.05) is 80.6 Å². The third-order valence-electron chi connectivity index (χ3n) is 8.50. The largest absolute Gasteiger partial charge is 0.382 e. The minimum absolute atomic E-state index is 0.0960. The van der Waals surface area contributed by atoms with Crippen molar-refractivity contribution in [3.63, 3.8) is 0 Å². The van der Waals surface area contributed by atoms with Gasteiger partial charge in [0.15, 0.2) is 11.0 Å². The van der Waals surface area contributed by atoms with Gasteiger partial charge in [0.05, 0.1) is 28.5 Å². The van der Waals surface area contributed by atoms with E-state index in [-0.39, 0.29) is 41.2 Å². The second-order valence-electron chi connectivity index (χ2n) is 13.2. The molecule has 10 nitrogen and oxygen atoms in total. The van der Waals surface area contributed by atoms with Gasteiger partial charge in [-0.2, -0.15) is 0 Å². The van der Waals surface area contributed by atoms with E-state index >= 15 is 0 Å². The molecule has 3 heterocycles. The maximum Gasteiger partial charge on any atom is 0.246 e. The van der Waals surface area contributed by atoms with Crippen LogP contribution >= 0.6 is 22.9 Å². The third-order valence-corrected chi connectivity index (χ3v) is 9.67. The fourth-order valence-corrected chi connectivity index (χ4v) is 6.75. The lowest BCUT2D eigenvalue weighted by atomic mass is 9.85. The van der Waals surface area contributed by atoms with E-state index in [0.29, 0.717) is 30.5 Å². The zero-order chi connectivity index (χ0) is 35.3. The molecule has 0 spiro atoms. The summed E-state index contributed by atoms with van der Waals surface area (Å²) in [6.07, 6.45) is 1.16. The van der Waals surface area contributed by atoms with Gasteiger partial charge < -0.3 is 21.3 Å². The Hall–Kier alpha value is -4.79. The highest BCUT2D eigenvalue weighted by molar-refractivity contribution is 7.13. The van der Waals surface area contributed by atoms with Crippen LogP contribution in [0.5, 0.6) is 0 Å². The van der Waals surface area contributed by atoms with Gasteiger partial charge in [0.1, 0.15) is 12.1 Å². The normalized spacial score (nSPS) is 15.6. The van der Waals surface area contributed by atoms with Crippen LogP contribution < -0.4 is 16.4 Å². The summed E-state index contributed by atoms with van der Waals surface area (Å²) in [5, 5.41) is 13.8. The summed E-state index contributed by atoms with van der Waals surface area (Å²) in [5.74, 6) is 5.32. The number of nitrogens with two attached hydrogens (primary N) is 1. The van der Waals surface area contributed by atoms with E-state index in [1.807, 2.05) is 88.7 Å². The Kier molecular flexibility index (Phi) is 11.0. The molecule has 0 aliphatic carbocycles. The molecule has 1 saturated heterocycles. The van der Waals surface area contributed by atoms with Gasteiger partial charge in [0, 0.05) is 17.7 Å². The van der Waals surface area contributed by atoms with Gasteiger partial charge in [-0.15, -0.1) is 21.5 Å².